The molecule has 1 amide bonds. The normalized spacial score (nSPS) is 19.5. The maximum Gasteiger partial charge on any atom is 0.221 e. The molecular formula is C19H29FN4O2. The number of halogens is 1. The van der Waals surface area contributed by atoms with Crippen LogP contribution in [-0.4, -0.2) is 87.8 Å². The number of piperazine rings is 1. The molecule has 6 nitrogen and oxygen atoms in total. The Morgan fingerprint density at radius 3 is 2.31 bits per heavy atom. The van der Waals surface area contributed by atoms with Gasteiger partial charge in [0.1, 0.15) is 5.82 Å². The largest absolute Gasteiger partial charge is 0.379 e. The highest BCUT2D eigenvalue weighted by Crippen LogP contribution is 2.16. The van der Waals surface area contributed by atoms with Gasteiger partial charge < -0.3 is 15.0 Å². The van der Waals surface area contributed by atoms with Crippen molar-refractivity contribution in [1.82, 2.24) is 15.1 Å². The Hall–Kier alpha value is -1.70. The van der Waals surface area contributed by atoms with Crippen LogP contribution in [0.1, 0.15) is 6.42 Å². The van der Waals surface area contributed by atoms with Gasteiger partial charge in [-0.3, -0.25) is 14.6 Å². The van der Waals surface area contributed by atoms with Crippen molar-refractivity contribution in [3.63, 3.8) is 0 Å². The van der Waals surface area contributed by atoms with Crippen LogP contribution < -0.4 is 10.2 Å². The van der Waals surface area contributed by atoms with E-state index in [9.17, 15) is 9.18 Å². The monoisotopic (exact) mass is 364 g/mol. The zero-order chi connectivity index (χ0) is 18.2. The molecule has 0 atom stereocenters. The third-order valence-electron chi connectivity index (χ3n) is 5.07. The van der Waals surface area contributed by atoms with Gasteiger partial charge in [-0.2, -0.15) is 0 Å². The number of benzene rings is 1. The molecule has 7 heteroatoms. The number of morpholine rings is 1. The summed E-state index contributed by atoms with van der Waals surface area (Å²) >= 11 is 0. The van der Waals surface area contributed by atoms with Crippen LogP contribution in [0.2, 0.25) is 0 Å². The molecule has 1 N–H and O–H groups in total. The van der Waals surface area contributed by atoms with Crippen molar-refractivity contribution in [1.29, 1.82) is 0 Å². The van der Waals surface area contributed by atoms with Gasteiger partial charge in [-0.1, -0.05) is 0 Å². The van der Waals surface area contributed by atoms with Crippen molar-refractivity contribution in [2.24, 2.45) is 0 Å². The molecule has 2 aliphatic rings. The minimum Gasteiger partial charge on any atom is -0.379 e. The topological polar surface area (TPSA) is 48.1 Å². The van der Waals surface area contributed by atoms with E-state index in [4.69, 9.17) is 4.74 Å². The second-order valence-electron chi connectivity index (χ2n) is 6.86. The molecule has 2 fully saturated rings. The Morgan fingerprint density at radius 1 is 0.962 bits per heavy atom. The summed E-state index contributed by atoms with van der Waals surface area (Å²) in [5.41, 5.74) is 1.06. The summed E-state index contributed by atoms with van der Waals surface area (Å²) in [6.45, 7) is 9.55. The Labute approximate surface area is 154 Å². The molecule has 0 aromatic heterocycles. The van der Waals surface area contributed by atoms with Crippen LogP contribution in [-0.2, 0) is 9.53 Å². The maximum absolute atomic E-state index is 13.0. The summed E-state index contributed by atoms with van der Waals surface area (Å²) in [6, 6.07) is 6.66. The fourth-order valence-corrected chi connectivity index (χ4v) is 3.41. The van der Waals surface area contributed by atoms with E-state index in [0.29, 0.717) is 13.0 Å². The zero-order valence-corrected chi connectivity index (χ0v) is 15.3. The number of anilines is 1. The molecule has 2 saturated heterocycles. The highest BCUT2D eigenvalue weighted by molar-refractivity contribution is 5.76. The molecule has 1 aromatic rings. The standard InChI is InChI=1S/C19H29FN4O2/c20-17-1-3-18(4-2-17)24-11-9-22(10-12-24)7-5-19(25)21-6-8-23-13-15-26-16-14-23/h1-4H,5-16H2,(H,21,25). The molecule has 26 heavy (non-hydrogen) atoms. The molecule has 3 rings (SSSR count). The number of nitrogens with one attached hydrogen (secondary N) is 1. The van der Waals surface area contributed by atoms with Gasteiger partial charge in [-0.05, 0) is 24.3 Å². The summed E-state index contributed by atoms with van der Waals surface area (Å²) in [5.74, 6) is -0.0776. The number of ether oxygens (including phenoxy) is 1. The van der Waals surface area contributed by atoms with E-state index in [2.05, 4.69) is 20.0 Å². The van der Waals surface area contributed by atoms with Crippen molar-refractivity contribution in [2.45, 2.75) is 6.42 Å². The van der Waals surface area contributed by atoms with E-state index < -0.39 is 0 Å². The molecule has 0 bridgehead atoms. The van der Waals surface area contributed by atoms with Gasteiger partial charge in [0.25, 0.3) is 0 Å². The van der Waals surface area contributed by atoms with Crippen molar-refractivity contribution in [3.05, 3.63) is 30.1 Å². The average molecular weight is 364 g/mol. The van der Waals surface area contributed by atoms with Crippen molar-refractivity contribution in [2.75, 3.05) is 77.0 Å². The first-order valence-corrected chi connectivity index (χ1v) is 9.50. The van der Waals surface area contributed by atoms with E-state index in [-0.39, 0.29) is 11.7 Å². The van der Waals surface area contributed by atoms with Gasteiger partial charge in [-0.15, -0.1) is 0 Å². The molecule has 2 aliphatic heterocycles. The van der Waals surface area contributed by atoms with Crippen LogP contribution in [0.3, 0.4) is 0 Å². The van der Waals surface area contributed by atoms with E-state index >= 15 is 0 Å². The minimum atomic E-state index is -0.202. The highest BCUT2D eigenvalue weighted by Gasteiger charge is 2.18. The predicted molar refractivity (Wildman–Crippen MR) is 99.9 cm³/mol. The first-order chi connectivity index (χ1) is 12.7. The Bertz CT molecular complexity index is 555. The third kappa shape index (κ3) is 5.93. The number of hydrogen-bond acceptors (Lipinski definition) is 5. The first kappa shape index (κ1) is 19.1. The Kier molecular flexibility index (Phi) is 7.22. The molecule has 0 saturated carbocycles. The lowest BCUT2D eigenvalue weighted by Gasteiger charge is -2.36. The summed E-state index contributed by atoms with van der Waals surface area (Å²) in [5, 5.41) is 3.02. The Balaban J connectivity index is 1.28. The quantitative estimate of drug-likeness (QED) is 0.775. The lowest BCUT2D eigenvalue weighted by molar-refractivity contribution is -0.121. The van der Waals surface area contributed by atoms with Crippen molar-refractivity contribution < 1.29 is 13.9 Å². The van der Waals surface area contributed by atoms with Crippen LogP contribution in [0.25, 0.3) is 0 Å². The van der Waals surface area contributed by atoms with Crippen LogP contribution in [0.5, 0.6) is 0 Å². The maximum atomic E-state index is 13.0. The summed E-state index contributed by atoms with van der Waals surface area (Å²) in [4.78, 5) is 18.9. The SMILES string of the molecule is O=C(CCN1CCN(c2ccc(F)cc2)CC1)NCCN1CCOCC1. The smallest absolute Gasteiger partial charge is 0.221 e. The first-order valence-electron chi connectivity index (χ1n) is 9.50. The summed E-state index contributed by atoms with van der Waals surface area (Å²) in [7, 11) is 0. The number of carbonyl (C=O) groups is 1. The van der Waals surface area contributed by atoms with Crippen LogP contribution in [0.15, 0.2) is 24.3 Å². The van der Waals surface area contributed by atoms with Gasteiger partial charge in [0, 0.05) is 71.0 Å². The molecule has 0 radical (unpaired) electrons. The minimum absolute atomic E-state index is 0.124. The highest BCUT2D eigenvalue weighted by atomic mass is 19.1. The fourth-order valence-electron chi connectivity index (χ4n) is 3.41. The van der Waals surface area contributed by atoms with Crippen molar-refractivity contribution >= 4 is 11.6 Å². The van der Waals surface area contributed by atoms with E-state index in [1.54, 1.807) is 0 Å². The summed E-state index contributed by atoms with van der Waals surface area (Å²) in [6.07, 6.45) is 0.541. The van der Waals surface area contributed by atoms with E-state index in [0.717, 1.165) is 71.3 Å². The second-order valence-corrected chi connectivity index (χ2v) is 6.86. The van der Waals surface area contributed by atoms with Crippen LogP contribution in [0, 0.1) is 5.82 Å². The number of nitrogens with zero attached hydrogens (tertiary/aromatic N) is 3. The molecule has 144 valence electrons. The van der Waals surface area contributed by atoms with Crippen LogP contribution >= 0.6 is 0 Å². The lowest BCUT2D eigenvalue weighted by Crippen LogP contribution is -2.47. The average Bonchev–Trinajstić information content (AvgIpc) is 2.68. The molecule has 0 aliphatic carbocycles. The van der Waals surface area contributed by atoms with E-state index in [1.807, 2.05) is 12.1 Å². The molecule has 1 aromatic carbocycles. The van der Waals surface area contributed by atoms with Crippen LogP contribution in [0.4, 0.5) is 10.1 Å². The van der Waals surface area contributed by atoms with Gasteiger partial charge in [0.15, 0.2) is 0 Å². The van der Waals surface area contributed by atoms with Gasteiger partial charge in [-0.25, -0.2) is 4.39 Å². The van der Waals surface area contributed by atoms with Gasteiger partial charge in [0.05, 0.1) is 13.2 Å². The summed E-state index contributed by atoms with van der Waals surface area (Å²) < 4.78 is 18.3. The molecule has 0 spiro atoms. The fraction of sp³-hybridized carbons (Fsp3) is 0.632. The third-order valence-corrected chi connectivity index (χ3v) is 5.07. The zero-order valence-electron chi connectivity index (χ0n) is 15.3. The predicted octanol–water partition coefficient (Wildman–Crippen LogP) is 0.786. The number of hydrogen-bond donors (Lipinski definition) is 1. The lowest BCUT2D eigenvalue weighted by atomic mass is 10.2. The molecule has 2 heterocycles. The van der Waals surface area contributed by atoms with E-state index in [1.165, 1.54) is 12.1 Å². The number of carbonyl (C=O) groups excluding carboxylic acids is 1. The molecule has 0 unspecified atom stereocenters. The Morgan fingerprint density at radius 2 is 1.62 bits per heavy atom. The van der Waals surface area contributed by atoms with Crippen molar-refractivity contribution in [3.8, 4) is 0 Å². The number of amides is 1. The number of rotatable bonds is 7. The van der Waals surface area contributed by atoms with Gasteiger partial charge in [0.2, 0.25) is 5.91 Å². The second kappa shape index (κ2) is 9.85. The molecular weight excluding hydrogens is 335 g/mol. The van der Waals surface area contributed by atoms with Gasteiger partial charge >= 0.3 is 0 Å².